The van der Waals surface area contributed by atoms with Crippen molar-refractivity contribution in [2.75, 3.05) is 0 Å². The molecule has 1 amide bonds. The van der Waals surface area contributed by atoms with Crippen molar-refractivity contribution in [3.63, 3.8) is 0 Å². The fourth-order valence-electron chi connectivity index (χ4n) is 1.72. The van der Waals surface area contributed by atoms with Crippen LogP contribution in [0.2, 0.25) is 0 Å². The van der Waals surface area contributed by atoms with Gasteiger partial charge in [-0.05, 0) is 26.7 Å². The highest BCUT2D eigenvalue weighted by Crippen LogP contribution is 2.18. The van der Waals surface area contributed by atoms with E-state index in [1.165, 1.54) is 0 Å². The maximum atomic E-state index is 10.9. The Labute approximate surface area is 79.5 Å². The zero-order valence-electron chi connectivity index (χ0n) is 7.54. The molecule has 1 aliphatic rings. The fourth-order valence-corrected chi connectivity index (χ4v) is 1.72. The standard InChI is InChI=1S/C8H16N2O.ClH/c1-5-3-4-7(8(9)11)6(2)10-5;/h5-7,10H,3-4H2,1-2H3,(H2,9,11);1H. The second kappa shape index (κ2) is 4.67. The highest BCUT2D eigenvalue weighted by Gasteiger charge is 2.28. The number of primary amides is 1. The minimum absolute atomic E-state index is 0. The Bertz CT molecular complexity index is 163. The topological polar surface area (TPSA) is 55.1 Å². The molecule has 0 bridgehead atoms. The van der Waals surface area contributed by atoms with Crippen LogP contribution in [0.1, 0.15) is 26.7 Å². The molecule has 3 unspecified atom stereocenters. The zero-order chi connectivity index (χ0) is 8.43. The Balaban J connectivity index is 0.00000121. The van der Waals surface area contributed by atoms with Gasteiger partial charge in [0.2, 0.25) is 5.91 Å². The summed E-state index contributed by atoms with van der Waals surface area (Å²) >= 11 is 0. The molecule has 3 N–H and O–H groups in total. The highest BCUT2D eigenvalue weighted by molar-refractivity contribution is 5.85. The monoisotopic (exact) mass is 192 g/mol. The first kappa shape index (κ1) is 11.7. The summed E-state index contributed by atoms with van der Waals surface area (Å²) in [6.45, 7) is 4.15. The van der Waals surface area contributed by atoms with Crippen LogP contribution >= 0.6 is 12.4 Å². The van der Waals surface area contributed by atoms with Gasteiger partial charge in [0.25, 0.3) is 0 Å². The Morgan fingerprint density at radius 2 is 2.00 bits per heavy atom. The van der Waals surface area contributed by atoms with Crippen LogP contribution in [-0.2, 0) is 4.79 Å². The fraction of sp³-hybridized carbons (Fsp3) is 0.875. The van der Waals surface area contributed by atoms with Gasteiger partial charge in [0, 0.05) is 12.1 Å². The van der Waals surface area contributed by atoms with Crippen molar-refractivity contribution < 1.29 is 4.79 Å². The molecule has 72 valence electrons. The van der Waals surface area contributed by atoms with E-state index in [4.69, 9.17) is 5.73 Å². The van der Waals surface area contributed by atoms with Gasteiger partial charge in [0.1, 0.15) is 0 Å². The third-order valence-corrected chi connectivity index (χ3v) is 2.43. The number of hydrogen-bond acceptors (Lipinski definition) is 2. The molecule has 3 nitrogen and oxygen atoms in total. The average Bonchev–Trinajstić information content (AvgIpc) is 1.85. The van der Waals surface area contributed by atoms with Gasteiger partial charge >= 0.3 is 0 Å². The predicted molar refractivity (Wildman–Crippen MR) is 51.2 cm³/mol. The number of nitrogens with one attached hydrogen (secondary N) is 1. The van der Waals surface area contributed by atoms with Crippen LogP contribution in [0.15, 0.2) is 0 Å². The number of halogens is 1. The number of amides is 1. The Hall–Kier alpha value is -0.280. The minimum atomic E-state index is -0.170. The summed E-state index contributed by atoms with van der Waals surface area (Å²) in [7, 11) is 0. The second-order valence-electron chi connectivity index (χ2n) is 3.44. The first-order valence-electron chi connectivity index (χ1n) is 4.16. The Morgan fingerprint density at radius 1 is 1.42 bits per heavy atom. The van der Waals surface area contributed by atoms with Crippen molar-refractivity contribution in [3.8, 4) is 0 Å². The molecular weight excluding hydrogens is 176 g/mol. The predicted octanol–water partition coefficient (Wildman–Crippen LogP) is 0.670. The van der Waals surface area contributed by atoms with Crippen molar-refractivity contribution in [1.82, 2.24) is 5.32 Å². The Kier molecular flexibility index (Phi) is 4.57. The maximum absolute atomic E-state index is 10.9. The first-order chi connectivity index (χ1) is 5.11. The van der Waals surface area contributed by atoms with E-state index in [1.807, 2.05) is 6.92 Å². The van der Waals surface area contributed by atoms with Crippen LogP contribution in [0.3, 0.4) is 0 Å². The summed E-state index contributed by atoms with van der Waals surface area (Å²) in [4.78, 5) is 10.9. The highest BCUT2D eigenvalue weighted by atomic mass is 35.5. The maximum Gasteiger partial charge on any atom is 0.222 e. The van der Waals surface area contributed by atoms with Crippen LogP contribution in [0, 0.1) is 5.92 Å². The van der Waals surface area contributed by atoms with E-state index < -0.39 is 0 Å². The summed E-state index contributed by atoms with van der Waals surface area (Å²) in [6, 6.07) is 0.775. The third-order valence-electron chi connectivity index (χ3n) is 2.43. The molecule has 12 heavy (non-hydrogen) atoms. The van der Waals surface area contributed by atoms with Crippen LogP contribution in [0.5, 0.6) is 0 Å². The Morgan fingerprint density at radius 3 is 2.42 bits per heavy atom. The number of carbonyl (C=O) groups excluding carboxylic acids is 1. The van der Waals surface area contributed by atoms with E-state index in [2.05, 4.69) is 12.2 Å². The largest absolute Gasteiger partial charge is 0.369 e. The lowest BCUT2D eigenvalue weighted by Crippen LogP contribution is -2.48. The third kappa shape index (κ3) is 2.64. The summed E-state index contributed by atoms with van der Waals surface area (Å²) in [6.07, 6.45) is 1.99. The SMILES string of the molecule is CC1CCC(C(N)=O)C(C)N1.Cl. The van der Waals surface area contributed by atoms with Gasteiger partial charge in [0.15, 0.2) is 0 Å². The molecule has 0 radical (unpaired) electrons. The molecule has 1 fully saturated rings. The van der Waals surface area contributed by atoms with E-state index in [9.17, 15) is 4.79 Å². The molecule has 0 aliphatic carbocycles. The lowest BCUT2D eigenvalue weighted by Gasteiger charge is -2.31. The number of nitrogens with two attached hydrogens (primary N) is 1. The van der Waals surface area contributed by atoms with Gasteiger partial charge in [0.05, 0.1) is 5.92 Å². The minimum Gasteiger partial charge on any atom is -0.369 e. The molecule has 0 spiro atoms. The molecule has 1 aliphatic heterocycles. The molecule has 4 heteroatoms. The van der Waals surface area contributed by atoms with Crippen molar-refractivity contribution >= 4 is 18.3 Å². The second-order valence-corrected chi connectivity index (χ2v) is 3.44. The van der Waals surface area contributed by atoms with E-state index in [1.54, 1.807) is 0 Å². The van der Waals surface area contributed by atoms with Crippen molar-refractivity contribution in [2.24, 2.45) is 11.7 Å². The lowest BCUT2D eigenvalue weighted by atomic mass is 9.88. The van der Waals surface area contributed by atoms with E-state index in [0.717, 1.165) is 12.8 Å². The first-order valence-corrected chi connectivity index (χ1v) is 4.16. The van der Waals surface area contributed by atoms with Crippen LogP contribution in [-0.4, -0.2) is 18.0 Å². The number of piperidine rings is 1. The average molecular weight is 193 g/mol. The molecule has 1 rings (SSSR count). The molecule has 0 aromatic rings. The molecule has 0 aromatic heterocycles. The van der Waals surface area contributed by atoms with Gasteiger partial charge in [-0.2, -0.15) is 0 Å². The van der Waals surface area contributed by atoms with E-state index in [0.29, 0.717) is 6.04 Å². The van der Waals surface area contributed by atoms with Crippen LogP contribution < -0.4 is 11.1 Å². The van der Waals surface area contributed by atoms with Crippen LogP contribution in [0.4, 0.5) is 0 Å². The van der Waals surface area contributed by atoms with Crippen LogP contribution in [0.25, 0.3) is 0 Å². The van der Waals surface area contributed by atoms with Gasteiger partial charge in [-0.3, -0.25) is 4.79 Å². The van der Waals surface area contributed by atoms with Gasteiger partial charge in [-0.15, -0.1) is 12.4 Å². The summed E-state index contributed by atoms with van der Waals surface area (Å²) in [5, 5.41) is 3.31. The zero-order valence-corrected chi connectivity index (χ0v) is 8.36. The molecular formula is C8H17ClN2O. The van der Waals surface area contributed by atoms with Gasteiger partial charge in [-0.1, -0.05) is 0 Å². The normalized spacial score (nSPS) is 35.3. The summed E-state index contributed by atoms with van der Waals surface area (Å²) in [5.74, 6) is -0.136. The van der Waals surface area contributed by atoms with Gasteiger partial charge in [-0.25, -0.2) is 0 Å². The number of hydrogen-bond donors (Lipinski definition) is 2. The van der Waals surface area contributed by atoms with Crippen molar-refractivity contribution in [3.05, 3.63) is 0 Å². The molecule has 0 aromatic carbocycles. The number of carbonyl (C=O) groups is 1. The quantitative estimate of drug-likeness (QED) is 0.642. The molecule has 1 saturated heterocycles. The summed E-state index contributed by atoms with van der Waals surface area (Å²) < 4.78 is 0. The van der Waals surface area contributed by atoms with E-state index in [-0.39, 0.29) is 30.3 Å². The van der Waals surface area contributed by atoms with Gasteiger partial charge < -0.3 is 11.1 Å². The molecule has 0 saturated carbocycles. The van der Waals surface area contributed by atoms with E-state index >= 15 is 0 Å². The summed E-state index contributed by atoms with van der Waals surface area (Å²) in [5.41, 5.74) is 5.22. The van der Waals surface area contributed by atoms with Crippen molar-refractivity contribution in [1.29, 1.82) is 0 Å². The van der Waals surface area contributed by atoms with Crippen molar-refractivity contribution in [2.45, 2.75) is 38.8 Å². The lowest BCUT2D eigenvalue weighted by molar-refractivity contribution is -0.123. The smallest absolute Gasteiger partial charge is 0.222 e. The number of rotatable bonds is 1. The molecule has 3 atom stereocenters. The molecule has 1 heterocycles.